The Hall–Kier alpha value is -3.61. The lowest BCUT2D eigenvalue weighted by Gasteiger charge is -2.12. The molecule has 3 aromatic rings. The lowest BCUT2D eigenvalue weighted by atomic mass is 9.99. The average Bonchev–Trinajstić information content (AvgIpc) is 3.20. The topological polar surface area (TPSA) is 44.1 Å². The van der Waals surface area contributed by atoms with Crippen molar-refractivity contribution in [3.63, 3.8) is 0 Å². The summed E-state index contributed by atoms with van der Waals surface area (Å²) in [5.41, 5.74) is 2.20. The van der Waals surface area contributed by atoms with Gasteiger partial charge in [-0.1, -0.05) is 49.9 Å². The van der Waals surface area contributed by atoms with Gasteiger partial charge < -0.3 is 4.74 Å². The lowest BCUT2D eigenvalue weighted by molar-refractivity contribution is -0.274. The summed E-state index contributed by atoms with van der Waals surface area (Å²) in [4.78, 5) is 12.6. The van der Waals surface area contributed by atoms with Crippen molar-refractivity contribution in [1.82, 2.24) is 9.78 Å². The van der Waals surface area contributed by atoms with Gasteiger partial charge in [-0.2, -0.15) is 5.10 Å². The number of hydrogen-bond acceptors (Lipinski definition) is 3. The van der Waals surface area contributed by atoms with E-state index >= 15 is 0 Å². The Labute approximate surface area is 171 Å². The molecular formula is C23H19F3N2O2. The molecule has 1 heterocycles. The minimum absolute atomic E-state index is 0.258. The van der Waals surface area contributed by atoms with Crippen LogP contribution in [0.25, 0.3) is 11.3 Å². The van der Waals surface area contributed by atoms with E-state index in [4.69, 9.17) is 0 Å². The summed E-state index contributed by atoms with van der Waals surface area (Å²) in [5.74, 6) is -0.928. The van der Waals surface area contributed by atoms with Gasteiger partial charge in [0, 0.05) is 5.57 Å². The molecule has 0 aliphatic carbocycles. The van der Waals surface area contributed by atoms with Gasteiger partial charge in [-0.25, -0.2) is 4.68 Å². The largest absolute Gasteiger partial charge is 0.573 e. The van der Waals surface area contributed by atoms with Gasteiger partial charge in [-0.05, 0) is 47.9 Å². The maximum absolute atomic E-state index is 12.6. The van der Waals surface area contributed by atoms with Crippen LogP contribution in [0.5, 0.6) is 5.75 Å². The number of hydrogen-bond donors (Lipinski definition) is 0. The van der Waals surface area contributed by atoms with E-state index in [2.05, 4.69) is 16.4 Å². The fourth-order valence-corrected chi connectivity index (χ4v) is 2.87. The normalized spacial score (nSPS) is 12.7. The first-order chi connectivity index (χ1) is 14.2. The van der Waals surface area contributed by atoms with E-state index in [1.54, 1.807) is 36.0 Å². The summed E-state index contributed by atoms with van der Waals surface area (Å²) in [6, 6.07) is 16.7. The van der Waals surface area contributed by atoms with Gasteiger partial charge in [-0.3, -0.25) is 4.79 Å². The second-order valence-electron chi connectivity index (χ2n) is 6.57. The van der Waals surface area contributed by atoms with Crippen molar-refractivity contribution in [1.29, 1.82) is 0 Å². The molecule has 0 saturated carbocycles. The predicted octanol–water partition coefficient (Wildman–Crippen LogP) is 5.71. The second kappa shape index (κ2) is 8.82. The van der Waals surface area contributed by atoms with Gasteiger partial charge in [0.2, 0.25) is 0 Å². The van der Waals surface area contributed by atoms with Crippen molar-refractivity contribution in [2.45, 2.75) is 19.2 Å². The molecule has 0 N–H and O–H groups in total. The Kier molecular flexibility index (Phi) is 6.20. The van der Waals surface area contributed by atoms with Gasteiger partial charge in [0.1, 0.15) is 5.75 Å². The number of ketones is 1. The average molecular weight is 412 g/mol. The summed E-state index contributed by atoms with van der Waals surface area (Å²) in [6.45, 7) is 5.65. The summed E-state index contributed by atoms with van der Waals surface area (Å²) < 4.78 is 42.8. The van der Waals surface area contributed by atoms with E-state index in [9.17, 15) is 18.0 Å². The smallest absolute Gasteiger partial charge is 0.406 e. The fraction of sp³-hybridized carbons (Fsp3) is 0.130. The highest BCUT2D eigenvalue weighted by molar-refractivity contribution is 6.25. The Morgan fingerprint density at radius 3 is 2.57 bits per heavy atom. The van der Waals surface area contributed by atoms with Crippen molar-refractivity contribution in [3.8, 4) is 11.4 Å². The number of carbonyl (C=O) groups is 1. The third-order valence-electron chi connectivity index (χ3n) is 4.40. The van der Waals surface area contributed by atoms with Crippen molar-refractivity contribution in [2.24, 2.45) is 0 Å². The molecule has 1 atom stereocenters. The summed E-state index contributed by atoms with van der Waals surface area (Å²) in [5, 5.41) is 4.25. The van der Waals surface area contributed by atoms with Crippen LogP contribution in [0, 0.1) is 0 Å². The zero-order chi connectivity index (χ0) is 21.7. The van der Waals surface area contributed by atoms with Crippen LogP contribution in [-0.4, -0.2) is 21.9 Å². The number of rotatable bonds is 7. The number of alkyl halides is 3. The highest BCUT2D eigenvalue weighted by atomic mass is 19.4. The number of allylic oxidation sites excluding steroid dienone is 3. The fourth-order valence-electron chi connectivity index (χ4n) is 2.87. The number of carbonyl (C=O) groups excluding carboxylic acids is 1. The SMILES string of the molecule is C=C(C(=O)C=CC(C)c1cccc(OC(F)(F)F)c1)c1ccnn1-c1ccccc1. The Bertz CT molecular complexity index is 1070. The Balaban J connectivity index is 1.73. The molecule has 1 unspecified atom stereocenters. The second-order valence-corrected chi connectivity index (χ2v) is 6.57. The zero-order valence-electron chi connectivity index (χ0n) is 16.1. The molecular weight excluding hydrogens is 393 g/mol. The number of halogens is 3. The standard InChI is InChI=1S/C23H19F3N2O2/c1-16(18-7-6-10-20(15-18)30-23(24,25)26)11-12-22(29)17(2)21-13-14-27-28(21)19-8-4-3-5-9-19/h3-16H,2H2,1H3. The maximum atomic E-state index is 12.6. The van der Waals surface area contributed by atoms with Crippen LogP contribution in [0.1, 0.15) is 24.1 Å². The lowest BCUT2D eigenvalue weighted by Crippen LogP contribution is -2.17. The molecule has 30 heavy (non-hydrogen) atoms. The zero-order valence-corrected chi connectivity index (χ0v) is 16.1. The Morgan fingerprint density at radius 1 is 1.13 bits per heavy atom. The van der Waals surface area contributed by atoms with Crippen LogP contribution in [0.15, 0.2) is 85.6 Å². The van der Waals surface area contributed by atoms with Crippen molar-refractivity contribution in [3.05, 3.63) is 96.8 Å². The number of para-hydroxylation sites is 1. The molecule has 0 radical (unpaired) electrons. The molecule has 3 rings (SSSR count). The number of benzene rings is 2. The molecule has 0 aliphatic heterocycles. The van der Waals surface area contributed by atoms with Crippen LogP contribution in [0.2, 0.25) is 0 Å². The molecule has 1 aromatic heterocycles. The molecule has 0 fully saturated rings. The highest BCUT2D eigenvalue weighted by Crippen LogP contribution is 2.27. The van der Waals surface area contributed by atoms with E-state index in [1.165, 1.54) is 24.3 Å². The molecule has 0 spiro atoms. The van der Waals surface area contributed by atoms with E-state index in [0.29, 0.717) is 11.3 Å². The minimum atomic E-state index is -4.76. The summed E-state index contributed by atoms with van der Waals surface area (Å²) >= 11 is 0. The third-order valence-corrected chi connectivity index (χ3v) is 4.40. The first-order valence-electron chi connectivity index (χ1n) is 9.11. The summed E-state index contributed by atoms with van der Waals surface area (Å²) in [6.07, 6.45) is -0.192. The first kappa shape index (κ1) is 21.1. The predicted molar refractivity (Wildman–Crippen MR) is 108 cm³/mol. The number of ether oxygens (including phenoxy) is 1. The third kappa shape index (κ3) is 5.26. The van der Waals surface area contributed by atoms with Crippen molar-refractivity contribution >= 4 is 11.4 Å². The van der Waals surface area contributed by atoms with Crippen molar-refractivity contribution in [2.75, 3.05) is 0 Å². The van der Waals surface area contributed by atoms with E-state index in [1.807, 2.05) is 30.3 Å². The van der Waals surface area contributed by atoms with E-state index < -0.39 is 6.36 Å². The molecule has 0 amide bonds. The number of nitrogens with zero attached hydrogens (tertiary/aromatic N) is 2. The van der Waals surface area contributed by atoms with Crippen LogP contribution >= 0.6 is 0 Å². The molecule has 0 bridgehead atoms. The minimum Gasteiger partial charge on any atom is -0.406 e. The van der Waals surface area contributed by atoms with Crippen molar-refractivity contribution < 1.29 is 22.7 Å². The molecule has 2 aromatic carbocycles. The Morgan fingerprint density at radius 2 is 1.87 bits per heavy atom. The highest BCUT2D eigenvalue weighted by Gasteiger charge is 2.31. The van der Waals surface area contributed by atoms with E-state index in [0.717, 1.165) is 5.69 Å². The van der Waals surface area contributed by atoms with Crippen LogP contribution in [0.4, 0.5) is 13.2 Å². The maximum Gasteiger partial charge on any atom is 0.573 e. The van der Waals surface area contributed by atoms with Gasteiger partial charge in [0.15, 0.2) is 5.78 Å². The molecule has 0 saturated heterocycles. The van der Waals surface area contributed by atoms with Gasteiger partial charge in [-0.15, -0.1) is 13.2 Å². The van der Waals surface area contributed by atoms with Crippen LogP contribution < -0.4 is 4.74 Å². The molecule has 154 valence electrons. The van der Waals surface area contributed by atoms with Gasteiger partial charge in [0.05, 0.1) is 17.6 Å². The van der Waals surface area contributed by atoms with Gasteiger partial charge in [0.25, 0.3) is 0 Å². The van der Waals surface area contributed by atoms with E-state index in [-0.39, 0.29) is 23.0 Å². The molecule has 7 heteroatoms. The quantitative estimate of drug-likeness (QED) is 0.467. The molecule has 0 aliphatic rings. The monoisotopic (exact) mass is 412 g/mol. The van der Waals surface area contributed by atoms with Crippen LogP contribution in [-0.2, 0) is 4.79 Å². The summed E-state index contributed by atoms with van der Waals surface area (Å²) in [7, 11) is 0. The number of aromatic nitrogens is 2. The molecule has 4 nitrogen and oxygen atoms in total. The van der Waals surface area contributed by atoms with Gasteiger partial charge >= 0.3 is 6.36 Å². The van der Waals surface area contributed by atoms with Crippen LogP contribution in [0.3, 0.4) is 0 Å². The first-order valence-corrected chi connectivity index (χ1v) is 9.11.